The Kier molecular flexibility index (Phi) is 5.44. The van der Waals surface area contributed by atoms with E-state index in [9.17, 15) is 4.79 Å². The molecule has 0 spiro atoms. The van der Waals surface area contributed by atoms with Crippen molar-refractivity contribution in [1.29, 1.82) is 0 Å². The molecule has 0 aromatic heterocycles. The fourth-order valence-electron chi connectivity index (χ4n) is 4.37. The van der Waals surface area contributed by atoms with E-state index >= 15 is 0 Å². The van der Waals surface area contributed by atoms with Crippen molar-refractivity contribution in [2.24, 2.45) is 0 Å². The SMILES string of the molecule is Cc1cccc(CN2CCCC2C(=O)N2CCN(c3ccccc3)CC2)c1. The van der Waals surface area contributed by atoms with E-state index < -0.39 is 0 Å². The maximum atomic E-state index is 13.2. The van der Waals surface area contributed by atoms with Crippen LogP contribution in [0.1, 0.15) is 24.0 Å². The lowest BCUT2D eigenvalue weighted by molar-refractivity contribution is -0.136. The largest absolute Gasteiger partial charge is 0.368 e. The number of benzene rings is 2. The standard InChI is InChI=1S/C23H29N3O/c1-19-7-5-8-20(17-19)18-26-12-6-11-22(26)23(27)25-15-13-24(14-16-25)21-9-3-2-4-10-21/h2-5,7-10,17,22H,6,11-16,18H2,1H3. The van der Waals surface area contributed by atoms with Crippen molar-refractivity contribution in [2.45, 2.75) is 32.4 Å². The Morgan fingerprint density at radius 3 is 2.48 bits per heavy atom. The Labute approximate surface area is 162 Å². The van der Waals surface area contributed by atoms with Gasteiger partial charge in [-0.3, -0.25) is 9.69 Å². The number of piperazine rings is 1. The average Bonchev–Trinajstić information content (AvgIpc) is 3.16. The normalized spacial score (nSPS) is 20.9. The van der Waals surface area contributed by atoms with Gasteiger partial charge >= 0.3 is 0 Å². The number of hydrogen-bond donors (Lipinski definition) is 0. The molecule has 2 aromatic carbocycles. The van der Waals surface area contributed by atoms with Gasteiger partial charge in [-0.25, -0.2) is 0 Å². The summed E-state index contributed by atoms with van der Waals surface area (Å²) in [6, 6.07) is 19.2. The number of nitrogens with zero attached hydrogens (tertiary/aromatic N) is 3. The van der Waals surface area contributed by atoms with Crippen molar-refractivity contribution in [2.75, 3.05) is 37.6 Å². The van der Waals surface area contributed by atoms with E-state index in [2.05, 4.69) is 70.2 Å². The molecule has 4 rings (SSSR count). The Morgan fingerprint density at radius 2 is 1.74 bits per heavy atom. The van der Waals surface area contributed by atoms with Crippen LogP contribution in [0.4, 0.5) is 5.69 Å². The molecule has 1 atom stereocenters. The Hall–Kier alpha value is -2.33. The third kappa shape index (κ3) is 4.16. The molecule has 2 aliphatic heterocycles. The van der Waals surface area contributed by atoms with Gasteiger partial charge in [-0.2, -0.15) is 0 Å². The van der Waals surface area contributed by atoms with Gasteiger partial charge in [0.25, 0.3) is 0 Å². The number of likely N-dealkylation sites (tertiary alicyclic amines) is 1. The summed E-state index contributed by atoms with van der Waals surface area (Å²) in [4.78, 5) is 20.0. The van der Waals surface area contributed by atoms with Crippen LogP contribution in [0.5, 0.6) is 0 Å². The van der Waals surface area contributed by atoms with Crippen LogP contribution in [0.3, 0.4) is 0 Å². The first-order chi connectivity index (χ1) is 13.2. The molecule has 27 heavy (non-hydrogen) atoms. The first-order valence-corrected chi connectivity index (χ1v) is 10.1. The first-order valence-electron chi connectivity index (χ1n) is 10.1. The van der Waals surface area contributed by atoms with Crippen molar-refractivity contribution >= 4 is 11.6 Å². The van der Waals surface area contributed by atoms with Crippen LogP contribution >= 0.6 is 0 Å². The van der Waals surface area contributed by atoms with E-state index in [1.165, 1.54) is 16.8 Å². The number of para-hydroxylation sites is 1. The number of aryl methyl sites for hydroxylation is 1. The van der Waals surface area contributed by atoms with Gasteiger partial charge in [0.05, 0.1) is 6.04 Å². The lowest BCUT2D eigenvalue weighted by Crippen LogP contribution is -2.53. The minimum Gasteiger partial charge on any atom is -0.368 e. The maximum Gasteiger partial charge on any atom is 0.240 e. The molecule has 1 amide bonds. The van der Waals surface area contributed by atoms with Gasteiger partial charge in [0, 0.05) is 38.4 Å². The van der Waals surface area contributed by atoms with Crippen molar-refractivity contribution in [3.63, 3.8) is 0 Å². The topological polar surface area (TPSA) is 26.8 Å². The van der Waals surface area contributed by atoms with Crippen LogP contribution in [-0.4, -0.2) is 54.5 Å². The maximum absolute atomic E-state index is 13.2. The monoisotopic (exact) mass is 363 g/mol. The number of hydrogen-bond acceptors (Lipinski definition) is 3. The second-order valence-electron chi connectivity index (χ2n) is 7.77. The predicted molar refractivity (Wildman–Crippen MR) is 110 cm³/mol. The molecule has 2 aromatic rings. The van der Waals surface area contributed by atoms with Crippen LogP contribution in [0.2, 0.25) is 0 Å². The summed E-state index contributed by atoms with van der Waals surface area (Å²) in [6.45, 7) is 7.50. The van der Waals surface area contributed by atoms with Crippen LogP contribution in [0.15, 0.2) is 54.6 Å². The van der Waals surface area contributed by atoms with Crippen LogP contribution in [0.25, 0.3) is 0 Å². The quantitative estimate of drug-likeness (QED) is 0.834. The van der Waals surface area contributed by atoms with E-state index in [-0.39, 0.29) is 6.04 Å². The molecule has 2 heterocycles. The van der Waals surface area contributed by atoms with E-state index in [4.69, 9.17) is 0 Å². The second kappa shape index (κ2) is 8.13. The highest BCUT2D eigenvalue weighted by Crippen LogP contribution is 2.23. The summed E-state index contributed by atoms with van der Waals surface area (Å²) in [7, 11) is 0. The molecular weight excluding hydrogens is 334 g/mol. The number of anilines is 1. The third-order valence-corrected chi connectivity index (χ3v) is 5.83. The van der Waals surface area contributed by atoms with Crippen LogP contribution in [-0.2, 0) is 11.3 Å². The summed E-state index contributed by atoms with van der Waals surface area (Å²) in [5.41, 5.74) is 3.85. The minimum absolute atomic E-state index is 0.0498. The van der Waals surface area contributed by atoms with Gasteiger partial charge in [-0.05, 0) is 44.0 Å². The number of carbonyl (C=O) groups is 1. The molecular formula is C23H29N3O. The number of rotatable bonds is 4. The minimum atomic E-state index is 0.0498. The van der Waals surface area contributed by atoms with Crippen molar-refractivity contribution in [3.8, 4) is 0 Å². The first kappa shape index (κ1) is 18.1. The average molecular weight is 364 g/mol. The second-order valence-corrected chi connectivity index (χ2v) is 7.77. The molecule has 0 bridgehead atoms. The van der Waals surface area contributed by atoms with E-state index in [1.54, 1.807) is 0 Å². The highest BCUT2D eigenvalue weighted by molar-refractivity contribution is 5.82. The fourth-order valence-corrected chi connectivity index (χ4v) is 4.37. The molecule has 0 radical (unpaired) electrons. The van der Waals surface area contributed by atoms with Gasteiger partial charge in [0.2, 0.25) is 5.91 Å². The van der Waals surface area contributed by atoms with E-state index in [1.807, 2.05) is 6.07 Å². The highest BCUT2D eigenvalue weighted by atomic mass is 16.2. The Bertz CT molecular complexity index is 768. The summed E-state index contributed by atoms with van der Waals surface area (Å²) < 4.78 is 0. The smallest absolute Gasteiger partial charge is 0.240 e. The zero-order valence-corrected chi connectivity index (χ0v) is 16.2. The molecule has 1 unspecified atom stereocenters. The molecule has 4 nitrogen and oxygen atoms in total. The summed E-state index contributed by atoms with van der Waals surface area (Å²) in [5.74, 6) is 0.327. The fraction of sp³-hybridized carbons (Fsp3) is 0.435. The zero-order chi connectivity index (χ0) is 18.6. The lowest BCUT2D eigenvalue weighted by atomic mass is 10.1. The lowest BCUT2D eigenvalue weighted by Gasteiger charge is -2.38. The highest BCUT2D eigenvalue weighted by Gasteiger charge is 2.34. The molecule has 2 aliphatic rings. The molecule has 2 fully saturated rings. The molecule has 0 saturated carbocycles. The molecule has 142 valence electrons. The van der Waals surface area contributed by atoms with Gasteiger partial charge in [0.15, 0.2) is 0 Å². The molecule has 0 N–H and O–H groups in total. The molecule has 0 aliphatic carbocycles. The summed E-state index contributed by atoms with van der Waals surface area (Å²) in [6.07, 6.45) is 2.11. The van der Waals surface area contributed by atoms with Crippen molar-refractivity contribution in [1.82, 2.24) is 9.80 Å². The molecule has 2 saturated heterocycles. The number of carbonyl (C=O) groups excluding carboxylic acids is 1. The predicted octanol–water partition coefficient (Wildman–Crippen LogP) is 3.31. The van der Waals surface area contributed by atoms with E-state index in [0.717, 1.165) is 52.1 Å². The van der Waals surface area contributed by atoms with E-state index in [0.29, 0.717) is 5.91 Å². The van der Waals surface area contributed by atoms with Gasteiger partial charge in [0.1, 0.15) is 0 Å². The van der Waals surface area contributed by atoms with Gasteiger partial charge in [-0.15, -0.1) is 0 Å². The zero-order valence-electron chi connectivity index (χ0n) is 16.2. The summed E-state index contributed by atoms with van der Waals surface area (Å²) >= 11 is 0. The third-order valence-electron chi connectivity index (χ3n) is 5.83. The Balaban J connectivity index is 1.36. The van der Waals surface area contributed by atoms with Crippen molar-refractivity contribution in [3.05, 3.63) is 65.7 Å². The van der Waals surface area contributed by atoms with Crippen LogP contribution in [0, 0.1) is 6.92 Å². The summed E-state index contributed by atoms with van der Waals surface area (Å²) in [5, 5.41) is 0. The van der Waals surface area contributed by atoms with Crippen molar-refractivity contribution < 1.29 is 4.79 Å². The van der Waals surface area contributed by atoms with Gasteiger partial charge in [-0.1, -0.05) is 48.0 Å². The number of amides is 1. The molecule has 4 heteroatoms. The van der Waals surface area contributed by atoms with Gasteiger partial charge < -0.3 is 9.80 Å². The van der Waals surface area contributed by atoms with Crippen LogP contribution < -0.4 is 4.90 Å². The Morgan fingerprint density at radius 1 is 0.963 bits per heavy atom.